The van der Waals surface area contributed by atoms with E-state index in [1.165, 1.54) is 0 Å². The van der Waals surface area contributed by atoms with Crippen LogP contribution in [-0.4, -0.2) is 17.2 Å². The van der Waals surface area contributed by atoms with Crippen molar-refractivity contribution in [1.82, 2.24) is 5.32 Å². The minimum atomic E-state index is -0.529. The van der Waals surface area contributed by atoms with E-state index in [1.807, 2.05) is 20.8 Å². The van der Waals surface area contributed by atoms with E-state index in [0.717, 1.165) is 5.76 Å². The molecule has 0 aliphatic heterocycles. The molecule has 0 saturated carbocycles. The molecule has 1 rings (SSSR count). The van der Waals surface area contributed by atoms with Crippen molar-refractivity contribution in [3.63, 3.8) is 0 Å². The molecule has 0 bridgehead atoms. The van der Waals surface area contributed by atoms with E-state index in [4.69, 9.17) is 4.42 Å². The van der Waals surface area contributed by atoms with Gasteiger partial charge in [0.15, 0.2) is 0 Å². The van der Waals surface area contributed by atoms with Crippen LogP contribution >= 0.6 is 0 Å². The average molecular weight is 223 g/mol. The summed E-state index contributed by atoms with van der Waals surface area (Å²) in [6.45, 7) is 5.51. The Morgan fingerprint density at radius 1 is 1.38 bits per heavy atom. The molecule has 0 fully saturated rings. The molecule has 0 aliphatic carbocycles. The van der Waals surface area contributed by atoms with Gasteiger partial charge in [-0.3, -0.25) is 9.59 Å². The topological polar surface area (TPSA) is 59.3 Å². The van der Waals surface area contributed by atoms with Crippen molar-refractivity contribution in [2.75, 3.05) is 0 Å². The molecule has 1 N–H and O–H groups in total. The molecule has 16 heavy (non-hydrogen) atoms. The first kappa shape index (κ1) is 12.5. The van der Waals surface area contributed by atoms with Gasteiger partial charge in [0.1, 0.15) is 5.76 Å². The highest BCUT2D eigenvalue weighted by atomic mass is 16.3. The lowest BCUT2D eigenvalue weighted by Crippen LogP contribution is -2.44. The van der Waals surface area contributed by atoms with Gasteiger partial charge in [-0.25, -0.2) is 0 Å². The maximum atomic E-state index is 11.5. The molecule has 1 aromatic heterocycles. The fraction of sp³-hybridized carbons (Fsp3) is 0.500. The first-order valence-electron chi connectivity index (χ1n) is 5.26. The smallest absolute Gasteiger partial charge is 0.287 e. The minimum absolute atomic E-state index is 0.176. The molecule has 0 saturated heterocycles. The van der Waals surface area contributed by atoms with Crippen LogP contribution in [0.15, 0.2) is 22.8 Å². The Morgan fingerprint density at radius 2 is 2.06 bits per heavy atom. The zero-order valence-electron chi connectivity index (χ0n) is 9.87. The van der Waals surface area contributed by atoms with Crippen molar-refractivity contribution < 1.29 is 14.0 Å². The van der Waals surface area contributed by atoms with Gasteiger partial charge < -0.3 is 9.73 Å². The molecule has 0 atom stereocenters. The summed E-state index contributed by atoms with van der Waals surface area (Å²) in [4.78, 5) is 22.9. The van der Waals surface area contributed by atoms with Crippen LogP contribution in [-0.2, 0) is 16.0 Å². The molecule has 0 unspecified atom stereocenters. The number of rotatable bonds is 4. The van der Waals surface area contributed by atoms with Crippen LogP contribution in [0.5, 0.6) is 0 Å². The number of ketones is 1. The number of furan rings is 1. The van der Waals surface area contributed by atoms with Crippen LogP contribution in [0.1, 0.15) is 33.0 Å². The number of Topliss-reactive ketones (excluding diaryl/α,β-unsaturated/α-hetero) is 1. The van der Waals surface area contributed by atoms with Gasteiger partial charge in [0.05, 0.1) is 6.26 Å². The first-order chi connectivity index (χ1) is 7.38. The highest BCUT2D eigenvalue weighted by molar-refractivity contribution is 6.36. The number of carbonyl (C=O) groups excluding carboxylic acids is 2. The van der Waals surface area contributed by atoms with Crippen LogP contribution in [0.2, 0.25) is 0 Å². The van der Waals surface area contributed by atoms with E-state index >= 15 is 0 Å². The second kappa shape index (κ2) is 4.96. The van der Waals surface area contributed by atoms with Gasteiger partial charge in [0.2, 0.25) is 5.78 Å². The van der Waals surface area contributed by atoms with Crippen LogP contribution in [0.25, 0.3) is 0 Å². The van der Waals surface area contributed by atoms with Crippen molar-refractivity contribution in [2.45, 2.75) is 39.2 Å². The van der Waals surface area contributed by atoms with Crippen molar-refractivity contribution in [3.05, 3.63) is 24.2 Å². The number of nitrogens with one attached hydrogen (secondary N) is 1. The normalized spacial score (nSPS) is 11.2. The minimum Gasteiger partial charge on any atom is -0.469 e. The highest BCUT2D eigenvalue weighted by Crippen LogP contribution is 2.05. The van der Waals surface area contributed by atoms with E-state index in [0.29, 0.717) is 6.42 Å². The maximum absolute atomic E-state index is 11.5. The quantitative estimate of drug-likeness (QED) is 0.790. The third-order valence-corrected chi connectivity index (χ3v) is 1.92. The Labute approximate surface area is 95.0 Å². The number of amides is 1. The van der Waals surface area contributed by atoms with E-state index in [1.54, 1.807) is 18.4 Å². The lowest BCUT2D eigenvalue weighted by Gasteiger charge is -2.19. The molecule has 1 amide bonds. The Morgan fingerprint density at radius 3 is 2.56 bits per heavy atom. The fourth-order valence-corrected chi connectivity index (χ4v) is 1.22. The predicted molar refractivity (Wildman–Crippen MR) is 59.9 cm³/mol. The van der Waals surface area contributed by atoms with Crippen LogP contribution in [0, 0.1) is 0 Å². The second-order valence-electron chi connectivity index (χ2n) is 4.71. The fourth-order valence-electron chi connectivity index (χ4n) is 1.22. The third kappa shape index (κ3) is 4.29. The summed E-state index contributed by atoms with van der Waals surface area (Å²) in [5.41, 5.74) is -0.378. The summed E-state index contributed by atoms with van der Waals surface area (Å²) in [5.74, 6) is -0.220. The lowest BCUT2D eigenvalue weighted by molar-refractivity contribution is -0.138. The average Bonchev–Trinajstić information content (AvgIpc) is 2.63. The van der Waals surface area contributed by atoms with E-state index in [2.05, 4.69) is 5.32 Å². The molecule has 4 heteroatoms. The van der Waals surface area contributed by atoms with Gasteiger partial charge in [0, 0.05) is 18.4 Å². The van der Waals surface area contributed by atoms with Crippen LogP contribution in [0.4, 0.5) is 0 Å². The summed E-state index contributed by atoms with van der Waals surface area (Å²) in [5, 5.41) is 2.63. The number of hydrogen-bond donors (Lipinski definition) is 1. The maximum Gasteiger partial charge on any atom is 0.287 e. The van der Waals surface area contributed by atoms with E-state index in [9.17, 15) is 9.59 Å². The van der Waals surface area contributed by atoms with E-state index in [-0.39, 0.29) is 12.0 Å². The van der Waals surface area contributed by atoms with Gasteiger partial charge >= 0.3 is 0 Å². The number of carbonyl (C=O) groups is 2. The molecule has 0 aliphatic rings. The molecule has 1 heterocycles. The Bertz CT molecular complexity index is 360. The molecule has 0 radical (unpaired) electrons. The molecule has 0 spiro atoms. The lowest BCUT2D eigenvalue weighted by atomic mass is 10.1. The summed E-state index contributed by atoms with van der Waals surface area (Å²) in [6.07, 6.45) is 2.19. The first-order valence-corrected chi connectivity index (χ1v) is 5.26. The molecule has 88 valence electrons. The van der Waals surface area contributed by atoms with Crippen LogP contribution < -0.4 is 5.32 Å². The molecular formula is C12H17NO3. The highest BCUT2D eigenvalue weighted by Gasteiger charge is 2.19. The summed E-state index contributed by atoms with van der Waals surface area (Å²) < 4.78 is 5.08. The van der Waals surface area contributed by atoms with Crippen molar-refractivity contribution in [1.29, 1.82) is 0 Å². The van der Waals surface area contributed by atoms with Gasteiger partial charge in [-0.15, -0.1) is 0 Å². The number of hydrogen-bond acceptors (Lipinski definition) is 3. The molecule has 0 aromatic carbocycles. The Balaban J connectivity index is 2.38. The molecule has 4 nitrogen and oxygen atoms in total. The van der Waals surface area contributed by atoms with E-state index < -0.39 is 11.7 Å². The van der Waals surface area contributed by atoms with Gasteiger partial charge in [0.25, 0.3) is 5.91 Å². The van der Waals surface area contributed by atoms with Gasteiger partial charge in [-0.05, 0) is 32.9 Å². The standard InChI is InChI=1S/C12H17NO3/c1-12(2,3)13-11(15)10(14)7-6-9-5-4-8-16-9/h4-5,8H,6-7H2,1-3H3,(H,13,15). The monoisotopic (exact) mass is 223 g/mol. The van der Waals surface area contributed by atoms with Gasteiger partial charge in [-0.2, -0.15) is 0 Å². The largest absolute Gasteiger partial charge is 0.469 e. The van der Waals surface area contributed by atoms with Gasteiger partial charge in [-0.1, -0.05) is 0 Å². The zero-order chi connectivity index (χ0) is 12.2. The summed E-state index contributed by atoms with van der Waals surface area (Å²) in [7, 11) is 0. The zero-order valence-corrected chi connectivity index (χ0v) is 9.87. The SMILES string of the molecule is CC(C)(C)NC(=O)C(=O)CCc1ccco1. The Kier molecular flexibility index (Phi) is 3.88. The number of aryl methyl sites for hydroxylation is 1. The second-order valence-corrected chi connectivity index (χ2v) is 4.71. The summed E-state index contributed by atoms with van der Waals surface area (Å²) in [6, 6.07) is 3.55. The van der Waals surface area contributed by atoms with Crippen LogP contribution in [0.3, 0.4) is 0 Å². The van der Waals surface area contributed by atoms with Crippen molar-refractivity contribution >= 4 is 11.7 Å². The molecular weight excluding hydrogens is 206 g/mol. The predicted octanol–water partition coefficient (Wildman–Crippen LogP) is 1.70. The molecule has 1 aromatic rings. The Hall–Kier alpha value is -1.58. The summed E-state index contributed by atoms with van der Waals surface area (Å²) >= 11 is 0. The third-order valence-electron chi connectivity index (χ3n) is 1.92. The van der Waals surface area contributed by atoms with Crippen molar-refractivity contribution in [3.8, 4) is 0 Å². The van der Waals surface area contributed by atoms with Crippen molar-refractivity contribution in [2.24, 2.45) is 0 Å².